The normalized spacial score (nSPS) is 12.1. The zero-order valence-electron chi connectivity index (χ0n) is 16.7. The highest BCUT2D eigenvalue weighted by molar-refractivity contribution is 7.89. The number of nitrogens with zero attached hydrogens (tertiary/aromatic N) is 3. The molecule has 0 aliphatic rings. The van der Waals surface area contributed by atoms with Crippen LogP contribution in [0.4, 0.5) is 13.2 Å². The van der Waals surface area contributed by atoms with Crippen molar-refractivity contribution in [2.24, 2.45) is 0 Å². The molecule has 1 aromatic carbocycles. The van der Waals surface area contributed by atoms with Crippen molar-refractivity contribution in [1.29, 1.82) is 0 Å². The van der Waals surface area contributed by atoms with Crippen molar-refractivity contribution in [3.63, 3.8) is 0 Å². The Labute approximate surface area is 181 Å². The summed E-state index contributed by atoms with van der Waals surface area (Å²) in [5.41, 5.74) is 0.167. The lowest BCUT2D eigenvalue weighted by atomic mass is 10.3. The Balaban J connectivity index is 1.52. The summed E-state index contributed by atoms with van der Waals surface area (Å²) in [4.78, 5) is 10.8. The van der Waals surface area contributed by atoms with Crippen LogP contribution in [0.3, 0.4) is 0 Å². The predicted octanol–water partition coefficient (Wildman–Crippen LogP) is 0.174. The maximum absolute atomic E-state index is 12.1. The number of ether oxygens (including phenoxy) is 2. The van der Waals surface area contributed by atoms with Gasteiger partial charge in [-0.1, -0.05) is 5.21 Å². The van der Waals surface area contributed by atoms with Gasteiger partial charge in [0.15, 0.2) is 0 Å². The quantitative estimate of drug-likeness (QED) is 0.344. The second-order valence-electron chi connectivity index (χ2n) is 6.27. The van der Waals surface area contributed by atoms with Gasteiger partial charge in [-0.15, -0.1) is 5.10 Å². The minimum atomic E-state index is -4.96. The van der Waals surface area contributed by atoms with E-state index in [0.29, 0.717) is 0 Å². The molecule has 178 valence electrons. The fourth-order valence-electron chi connectivity index (χ4n) is 2.24. The largest absolute Gasteiger partial charge is 0.508 e. The monoisotopic (exact) mass is 481 g/mol. The summed E-state index contributed by atoms with van der Waals surface area (Å²) in [6.45, 7) is 0.734. The highest BCUT2D eigenvalue weighted by Crippen LogP contribution is 2.14. The number of alkyl halides is 3. The second kappa shape index (κ2) is 11.8. The first kappa shape index (κ1) is 25.5. The number of aromatic hydroxyl groups is 1. The van der Waals surface area contributed by atoms with Gasteiger partial charge >= 0.3 is 12.1 Å². The fraction of sp³-hybridized carbons (Fsp3) is 0.471. The Morgan fingerprint density at radius 1 is 1.09 bits per heavy atom. The van der Waals surface area contributed by atoms with Gasteiger partial charge in [-0.2, -0.15) is 13.2 Å². The summed E-state index contributed by atoms with van der Waals surface area (Å²) in [6, 6.07) is 5.11. The van der Waals surface area contributed by atoms with E-state index >= 15 is 0 Å². The third kappa shape index (κ3) is 8.78. The van der Waals surface area contributed by atoms with Crippen LogP contribution in [0.1, 0.15) is 5.69 Å². The summed E-state index contributed by atoms with van der Waals surface area (Å²) in [6.07, 6.45) is -3.57. The molecular weight excluding hydrogens is 459 g/mol. The van der Waals surface area contributed by atoms with Gasteiger partial charge in [0.25, 0.3) is 0 Å². The fourth-order valence-corrected chi connectivity index (χ4v) is 3.25. The van der Waals surface area contributed by atoms with Crippen molar-refractivity contribution in [1.82, 2.24) is 25.0 Å². The Morgan fingerprint density at radius 3 is 2.41 bits per heavy atom. The van der Waals surface area contributed by atoms with Crippen LogP contribution in [0.5, 0.6) is 5.75 Å². The smallest absolute Gasteiger partial charge is 0.471 e. The first-order valence-electron chi connectivity index (χ1n) is 9.26. The number of sulfonamides is 1. The van der Waals surface area contributed by atoms with E-state index in [-0.39, 0.29) is 55.9 Å². The van der Waals surface area contributed by atoms with Gasteiger partial charge in [0.05, 0.1) is 50.6 Å². The number of phenolic OH excluding ortho intramolecular Hbond substituents is 1. The lowest BCUT2D eigenvalue weighted by Gasteiger charge is -2.08. The first-order chi connectivity index (χ1) is 15.1. The van der Waals surface area contributed by atoms with Crippen molar-refractivity contribution >= 4 is 15.9 Å². The van der Waals surface area contributed by atoms with Gasteiger partial charge in [-0.25, -0.2) is 17.8 Å². The zero-order chi connectivity index (χ0) is 23.6. The summed E-state index contributed by atoms with van der Waals surface area (Å²) in [5, 5.41) is 18.2. The minimum absolute atomic E-state index is 0.0256. The van der Waals surface area contributed by atoms with Gasteiger partial charge in [0.2, 0.25) is 10.0 Å². The molecule has 32 heavy (non-hydrogen) atoms. The van der Waals surface area contributed by atoms with E-state index in [1.54, 1.807) is 5.32 Å². The van der Waals surface area contributed by atoms with Crippen molar-refractivity contribution in [3.05, 3.63) is 36.2 Å². The van der Waals surface area contributed by atoms with E-state index in [1.807, 2.05) is 0 Å². The number of aromatic nitrogens is 3. The highest BCUT2D eigenvalue weighted by Gasteiger charge is 2.38. The second-order valence-corrected chi connectivity index (χ2v) is 8.04. The van der Waals surface area contributed by atoms with E-state index in [4.69, 9.17) is 9.47 Å². The molecule has 2 rings (SSSR count). The Hall–Kier alpha value is -2.75. The first-order valence-corrected chi connectivity index (χ1v) is 10.7. The lowest BCUT2D eigenvalue weighted by molar-refractivity contribution is -0.173. The lowest BCUT2D eigenvalue weighted by Crippen LogP contribution is -2.36. The standard InChI is InChI=1S/C17H22F3N5O6S/c18-17(19,20)16(27)21-11-13-12-25(24-23-13)6-8-31-10-9-30-7-5-22-32(28,29)15-3-1-14(26)2-4-15/h1-4,12,22,26H,5-11H2,(H,21,27). The molecule has 0 radical (unpaired) electrons. The van der Waals surface area contributed by atoms with Crippen molar-refractivity contribution < 1.29 is 41.0 Å². The molecule has 0 fully saturated rings. The van der Waals surface area contributed by atoms with Crippen molar-refractivity contribution in [3.8, 4) is 5.75 Å². The van der Waals surface area contributed by atoms with Gasteiger partial charge < -0.3 is 19.9 Å². The molecule has 11 nitrogen and oxygen atoms in total. The Bertz CT molecular complexity index is 966. The highest BCUT2D eigenvalue weighted by atomic mass is 32.2. The molecule has 3 N–H and O–H groups in total. The number of hydrogen-bond acceptors (Lipinski definition) is 8. The molecule has 0 bridgehead atoms. The van der Waals surface area contributed by atoms with Crippen molar-refractivity contribution in [2.45, 2.75) is 24.2 Å². The molecule has 0 atom stereocenters. The molecule has 0 aliphatic carbocycles. The average Bonchev–Trinajstić information content (AvgIpc) is 3.18. The molecule has 2 aromatic rings. The molecule has 0 spiro atoms. The van der Waals surface area contributed by atoms with E-state index in [2.05, 4.69) is 15.0 Å². The van der Waals surface area contributed by atoms with Crippen LogP contribution < -0.4 is 10.0 Å². The Kier molecular flexibility index (Phi) is 9.37. The molecule has 1 amide bonds. The van der Waals surface area contributed by atoms with Crippen molar-refractivity contribution in [2.75, 3.05) is 33.0 Å². The van der Waals surface area contributed by atoms with Gasteiger partial charge in [0.1, 0.15) is 11.4 Å². The summed E-state index contributed by atoms with van der Waals surface area (Å²) in [5.74, 6) is -2.09. The van der Waals surface area contributed by atoms with E-state index < -0.39 is 28.7 Å². The van der Waals surface area contributed by atoms with Gasteiger partial charge in [-0.05, 0) is 24.3 Å². The third-order valence-corrected chi connectivity index (χ3v) is 5.27. The predicted molar refractivity (Wildman–Crippen MR) is 103 cm³/mol. The molecule has 0 unspecified atom stereocenters. The number of nitrogens with one attached hydrogen (secondary N) is 2. The number of rotatable bonds is 13. The van der Waals surface area contributed by atoms with Crippen LogP contribution in [0.25, 0.3) is 0 Å². The molecule has 0 aliphatic heterocycles. The van der Waals surface area contributed by atoms with Crippen LogP contribution in [0.2, 0.25) is 0 Å². The topological polar surface area (TPSA) is 145 Å². The van der Waals surface area contributed by atoms with Gasteiger partial charge in [-0.3, -0.25) is 4.79 Å². The summed E-state index contributed by atoms with van der Waals surface area (Å²) < 4.78 is 74.7. The van der Waals surface area contributed by atoms with Crippen LogP contribution in [-0.2, 0) is 37.4 Å². The van der Waals surface area contributed by atoms with Crippen LogP contribution in [-0.4, -0.2) is 73.6 Å². The summed E-state index contributed by atoms with van der Waals surface area (Å²) in [7, 11) is -3.69. The molecule has 0 saturated heterocycles. The Morgan fingerprint density at radius 2 is 1.75 bits per heavy atom. The SMILES string of the molecule is O=C(NCc1cn(CCOCCOCCNS(=O)(=O)c2ccc(O)cc2)nn1)C(F)(F)F. The third-order valence-electron chi connectivity index (χ3n) is 3.80. The number of hydrogen-bond donors (Lipinski definition) is 3. The summed E-state index contributed by atoms with van der Waals surface area (Å²) >= 11 is 0. The van der Waals surface area contributed by atoms with Crippen LogP contribution in [0.15, 0.2) is 35.4 Å². The average molecular weight is 481 g/mol. The van der Waals surface area contributed by atoms with E-state index in [0.717, 1.165) is 0 Å². The molecule has 1 aromatic heterocycles. The zero-order valence-corrected chi connectivity index (χ0v) is 17.5. The molecule has 0 saturated carbocycles. The molecule has 1 heterocycles. The number of carbonyl (C=O) groups is 1. The van der Waals surface area contributed by atoms with Gasteiger partial charge in [0, 0.05) is 6.54 Å². The van der Waals surface area contributed by atoms with E-state index in [1.165, 1.54) is 35.1 Å². The number of benzene rings is 1. The maximum Gasteiger partial charge on any atom is 0.471 e. The maximum atomic E-state index is 12.1. The number of phenols is 1. The minimum Gasteiger partial charge on any atom is -0.508 e. The van der Waals surface area contributed by atoms with Crippen LogP contribution in [0, 0.1) is 0 Å². The van der Waals surface area contributed by atoms with E-state index in [9.17, 15) is 31.5 Å². The number of amides is 1. The molecule has 15 heteroatoms. The van der Waals surface area contributed by atoms with Crippen LogP contribution >= 0.6 is 0 Å². The molecular formula is C17H22F3N5O6S. The number of halogens is 3. The number of carbonyl (C=O) groups excluding carboxylic acids is 1.